The second-order valence-electron chi connectivity index (χ2n) is 6.28. The topological polar surface area (TPSA) is 38.7 Å². The molecule has 104 valence electrons. The molecule has 0 saturated heterocycles. The van der Waals surface area contributed by atoms with Crippen molar-refractivity contribution < 1.29 is 14.6 Å². The average Bonchev–Trinajstić information content (AvgIpc) is 2.95. The Kier molecular flexibility index (Phi) is 2.62. The Bertz CT molecular complexity index is 521. The van der Waals surface area contributed by atoms with Gasteiger partial charge in [0.15, 0.2) is 11.5 Å². The monoisotopic (exact) mass is 262 g/mol. The number of hydrogen-bond donors (Lipinski definition) is 1. The molecule has 19 heavy (non-hydrogen) atoms. The normalized spacial score (nSPS) is 35.9. The highest BCUT2D eigenvalue weighted by atomic mass is 16.5. The van der Waals surface area contributed by atoms with Gasteiger partial charge in [0.2, 0.25) is 0 Å². The van der Waals surface area contributed by atoms with Crippen LogP contribution in [0.4, 0.5) is 0 Å². The fourth-order valence-corrected chi connectivity index (χ4v) is 4.09. The molecule has 0 amide bonds. The van der Waals surface area contributed by atoms with Crippen LogP contribution in [-0.4, -0.2) is 25.4 Å². The number of aryl methyl sites for hydroxylation is 1. The maximum atomic E-state index is 10.2. The quantitative estimate of drug-likeness (QED) is 0.910. The lowest BCUT2D eigenvalue weighted by atomic mass is 9.87. The van der Waals surface area contributed by atoms with Crippen LogP contribution in [0, 0.1) is 12.3 Å². The van der Waals surface area contributed by atoms with Crippen LogP contribution in [0.1, 0.15) is 37.3 Å². The maximum absolute atomic E-state index is 10.2. The number of aliphatic hydroxyl groups is 1. The molecule has 0 radical (unpaired) electrons. The second kappa shape index (κ2) is 3.89. The van der Waals surface area contributed by atoms with E-state index in [0.29, 0.717) is 0 Å². The van der Waals surface area contributed by atoms with Crippen molar-refractivity contribution in [1.29, 1.82) is 0 Å². The van der Waals surface area contributed by atoms with E-state index in [4.69, 9.17) is 9.47 Å². The summed E-state index contributed by atoms with van der Waals surface area (Å²) in [7, 11) is 3.37. The lowest BCUT2D eigenvalue weighted by Gasteiger charge is -2.22. The van der Waals surface area contributed by atoms with E-state index in [1.165, 1.54) is 11.1 Å². The zero-order chi connectivity index (χ0) is 13.8. The van der Waals surface area contributed by atoms with Crippen molar-refractivity contribution in [2.24, 2.45) is 5.41 Å². The minimum absolute atomic E-state index is 0.0130. The van der Waals surface area contributed by atoms with Crippen molar-refractivity contribution in [2.45, 2.75) is 44.6 Å². The van der Waals surface area contributed by atoms with Gasteiger partial charge < -0.3 is 14.6 Å². The van der Waals surface area contributed by atoms with E-state index in [0.717, 1.165) is 30.8 Å². The molecule has 0 aromatic heterocycles. The highest BCUT2D eigenvalue weighted by Gasteiger charge is 2.72. The predicted octanol–water partition coefficient (Wildman–Crippen LogP) is 2.81. The zero-order valence-electron chi connectivity index (χ0n) is 12.1. The Hall–Kier alpha value is -1.22. The molecule has 2 fully saturated rings. The van der Waals surface area contributed by atoms with Gasteiger partial charge in [-0.25, -0.2) is 0 Å². The predicted molar refractivity (Wildman–Crippen MR) is 73.9 cm³/mol. The number of fused-ring (bicyclic) bond motifs is 1. The van der Waals surface area contributed by atoms with Gasteiger partial charge in [0.1, 0.15) is 0 Å². The summed E-state index contributed by atoms with van der Waals surface area (Å²) < 4.78 is 11.1. The minimum Gasteiger partial charge on any atom is -0.493 e. The standard InChI is InChI=1S/C16H22O3/c1-10-7-11(14(19-4)12(8-10)18-3)16-6-5-13(17)15(16,2)9-16/h7-8,13,17H,5-6,9H2,1-4H3/t13-,15-,16-/m0/s1. The summed E-state index contributed by atoms with van der Waals surface area (Å²) in [6, 6.07) is 4.20. The zero-order valence-corrected chi connectivity index (χ0v) is 12.1. The smallest absolute Gasteiger partial charge is 0.164 e. The van der Waals surface area contributed by atoms with Gasteiger partial charge in [-0.15, -0.1) is 0 Å². The molecule has 2 saturated carbocycles. The fourth-order valence-electron chi connectivity index (χ4n) is 4.09. The summed E-state index contributed by atoms with van der Waals surface area (Å²) in [5, 5.41) is 10.2. The van der Waals surface area contributed by atoms with Crippen LogP contribution in [0.15, 0.2) is 12.1 Å². The van der Waals surface area contributed by atoms with Gasteiger partial charge in [0.25, 0.3) is 0 Å². The van der Waals surface area contributed by atoms with Gasteiger partial charge >= 0.3 is 0 Å². The lowest BCUT2D eigenvalue weighted by molar-refractivity contribution is 0.113. The summed E-state index contributed by atoms with van der Waals surface area (Å²) in [4.78, 5) is 0. The van der Waals surface area contributed by atoms with Crippen LogP contribution in [0.2, 0.25) is 0 Å². The maximum Gasteiger partial charge on any atom is 0.164 e. The van der Waals surface area contributed by atoms with Crippen molar-refractivity contribution in [2.75, 3.05) is 14.2 Å². The van der Waals surface area contributed by atoms with Crippen LogP contribution >= 0.6 is 0 Å². The number of methoxy groups -OCH3 is 2. The molecule has 1 aromatic carbocycles. The molecular formula is C16H22O3. The van der Waals surface area contributed by atoms with E-state index in [1.54, 1.807) is 14.2 Å². The fraction of sp³-hybridized carbons (Fsp3) is 0.625. The van der Waals surface area contributed by atoms with Crippen molar-refractivity contribution in [3.63, 3.8) is 0 Å². The summed E-state index contributed by atoms with van der Waals surface area (Å²) in [5.41, 5.74) is 2.49. The second-order valence-corrected chi connectivity index (χ2v) is 6.28. The number of aliphatic hydroxyl groups excluding tert-OH is 1. The highest BCUT2D eigenvalue weighted by Crippen LogP contribution is 2.75. The number of ether oxygens (including phenoxy) is 2. The van der Waals surface area contributed by atoms with Crippen molar-refractivity contribution in [3.8, 4) is 11.5 Å². The van der Waals surface area contributed by atoms with Crippen LogP contribution in [0.25, 0.3) is 0 Å². The van der Waals surface area contributed by atoms with Gasteiger partial charge in [0.05, 0.1) is 20.3 Å². The largest absolute Gasteiger partial charge is 0.493 e. The number of rotatable bonds is 3. The molecule has 0 spiro atoms. The van der Waals surface area contributed by atoms with E-state index in [9.17, 15) is 5.11 Å². The molecule has 0 heterocycles. The van der Waals surface area contributed by atoms with Crippen molar-refractivity contribution >= 4 is 0 Å². The van der Waals surface area contributed by atoms with E-state index in [-0.39, 0.29) is 16.9 Å². The summed E-state index contributed by atoms with van der Waals surface area (Å²) in [5.74, 6) is 1.63. The van der Waals surface area contributed by atoms with Crippen LogP contribution in [-0.2, 0) is 5.41 Å². The molecule has 1 N–H and O–H groups in total. The molecule has 2 aliphatic carbocycles. The van der Waals surface area contributed by atoms with Crippen LogP contribution in [0.3, 0.4) is 0 Å². The Labute approximate surface area is 114 Å². The molecule has 0 aliphatic heterocycles. The summed E-state index contributed by atoms with van der Waals surface area (Å²) in [6.45, 7) is 4.27. The molecule has 0 bridgehead atoms. The Morgan fingerprint density at radius 2 is 2.00 bits per heavy atom. The summed E-state index contributed by atoms with van der Waals surface area (Å²) in [6.07, 6.45) is 2.77. The van der Waals surface area contributed by atoms with Gasteiger partial charge in [-0.3, -0.25) is 0 Å². The van der Waals surface area contributed by atoms with E-state index in [2.05, 4.69) is 19.9 Å². The molecular weight excluding hydrogens is 240 g/mol. The van der Waals surface area contributed by atoms with Crippen LogP contribution < -0.4 is 9.47 Å². The van der Waals surface area contributed by atoms with Gasteiger partial charge in [-0.1, -0.05) is 13.0 Å². The number of hydrogen-bond acceptors (Lipinski definition) is 3. The first-order valence-electron chi connectivity index (χ1n) is 6.90. The average molecular weight is 262 g/mol. The Balaban J connectivity index is 2.14. The SMILES string of the molecule is COc1cc(C)cc([C@@]23CC[C@H](O)[C@]2(C)C3)c1OC. The van der Waals surface area contributed by atoms with Crippen molar-refractivity contribution in [3.05, 3.63) is 23.3 Å². The number of benzene rings is 1. The third kappa shape index (κ3) is 1.48. The molecule has 3 heteroatoms. The highest BCUT2D eigenvalue weighted by molar-refractivity contribution is 5.57. The molecule has 3 rings (SSSR count). The molecule has 3 nitrogen and oxygen atoms in total. The van der Waals surface area contributed by atoms with Gasteiger partial charge in [-0.2, -0.15) is 0 Å². The minimum atomic E-state index is -0.191. The first kappa shape index (κ1) is 12.8. The third-order valence-electron chi connectivity index (χ3n) is 5.36. The molecule has 2 aliphatic rings. The first-order valence-corrected chi connectivity index (χ1v) is 6.90. The van der Waals surface area contributed by atoms with Gasteiger partial charge in [0, 0.05) is 16.4 Å². The van der Waals surface area contributed by atoms with Gasteiger partial charge in [-0.05, 0) is 37.8 Å². The van der Waals surface area contributed by atoms with Crippen LogP contribution in [0.5, 0.6) is 11.5 Å². The van der Waals surface area contributed by atoms with E-state index >= 15 is 0 Å². The summed E-state index contributed by atoms with van der Waals surface area (Å²) >= 11 is 0. The third-order valence-corrected chi connectivity index (χ3v) is 5.36. The van der Waals surface area contributed by atoms with Crippen molar-refractivity contribution in [1.82, 2.24) is 0 Å². The molecule has 0 unspecified atom stereocenters. The van der Waals surface area contributed by atoms with E-state index in [1.807, 2.05) is 6.07 Å². The Morgan fingerprint density at radius 3 is 2.47 bits per heavy atom. The van der Waals surface area contributed by atoms with E-state index < -0.39 is 0 Å². The molecule has 1 aromatic rings. The first-order chi connectivity index (χ1) is 8.98. The molecule has 3 atom stereocenters. The Morgan fingerprint density at radius 1 is 1.26 bits per heavy atom. The lowest BCUT2D eigenvalue weighted by Crippen LogP contribution is -2.19.